The summed E-state index contributed by atoms with van der Waals surface area (Å²) < 4.78 is 24.2. The average Bonchev–Trinajstić information content (AvgIpc) is 3.07. The number of carbonyl (C=O) groups is 1. The summed E-state index contributed by atoms with van der Waals surface area (Å²) in [5.74, 6) is -1.37. The van der Waals surface area contributed by atoms with Crippen molar-refractivity contribution in [3.63, 3.8) is 0 Å². The Hall–Kier alpha value is -2.54. The average molecular weight is 318 g/mol. The highest BCUT2D eigenvalue weighted by atomic mass is 19.1. The van der Waals surface area contributed by atoms with E-state index in [4.69, 9.17) is 14.6 Å². The Morgan fingerprint density at radius 2 is 2.17 bits per heavy atom. The zero-order valence-electron chi connectivity index (χ0n) is 12.2. The van der Waals surface area contributed by atoms with E-state index in [9.17, 15) is 9.18 Å². The SMILES string of the molecule is O=C(O)c1cnc(OCC2CCCO2)c(-c2ccc(F)cc2)n1. The van der Waals surface area contributed by atoms with Gasteiger partial charge in [0.2, 0.25) is 5.88 Å². The molecule has 23 heavy (non-hydrogen) atoms. The first kappa shape index (κ1) is 15.4. The summed E-state index contributed by atoms with van der Waals surface area (Å²) in [6.45, 7) is 1.03. The lowest BCUT2D eigenvalue weighted by atomic mass is 10.1. The van der Waals surface area contributed by atoms with Crippen molar-refractivity contribution in [1.29, 1.82) is 0 Å². The van der Waals surface area contributed by atoms with E-state index in [-0.39, 0.29) is 23.4 Å². The van der Waals surface area contributed by atoms with Gasteiger partial charge in [0.15, 0.2) is 5.69 Å². The quantitative estimate of drug-likeness (QED) is 0.912. The van der Waals surface area contributed by atoms with Crippen LogP contribution in [-0.4, -0.2) is 40.4 Å². The van der Waals surface area contributed by atoms with Gasteiger partial charge in [0.25, 0.3) is 0 Å². The number of hydrogen-bond donors (Lipinski definition) is 1. The third kappa shape index (κ3) is 3.62. The predicted octanol–water partition coefficient (Wildman–Crippen LogP) is 2.54. The largest absolute Gasteiger partial charge is 0.476 e. The van der Waals surface area contributed by atoms with Crippen molar-refractivity contribution < 1.29 is 23.8 Å². The standard InChI is InChI=1S/C16H15FN2O4/c17-11-5-3-10(4-6-11)14-15(18-8-13(19-14)16(20)21)23-9-12-2-1-7-22-12/h3-6,8,12H,1-2,7,9H2,(H,20,21). The molecule has 1 fully saturated rings. The highest BCUT2D eigenvalue weighted by Gasteiger charge is 2.19. The maximum absolute atomic E-state index is 13.1. The molecule has 2 heterocycles. The van der Waals surface area contributed by atoms with Gasteiger partial charge in [-0.1, -0.05) is 0 Å². The van der Waals surface area contributed by atoms with Gasteiger partial charge in [-0.3, -0.25) is 0 Å². The maximum Gasteiger partial charge on any atom is 0.356 e. The number of halogens is 1. The molecule has 1 N–H and O–H groups in total. The number of aromatic carboxylic acids is 1. The summed E-state index contributed by atoms with van der Waals surface area (Å²) >= 11 is 0. The van der Waals surface area contributed by atoms with Crippen molar-refractivity contribution in [3.05, 3.63) is 42.0 Å². The smallest absolute Gasteiger partial charge is 0.356 e. The second-order valence-electron chi connectivity index (χ2n) is 5.17. The molecule has 1 aliphatic rings. The Kier molecular flexibility index (Phi) is 4.47. The van der Waals surface area contributed by atoms with Crippen LogP contribution in [0.5, 0.6) is 5.88 Å². The lowest BCUT2D eigenvalue weighted by Gasteiger charge is -2.13. The van der Waals surface area contributed by atoms with E-state index < -0.39 is 11.8 Å². The van der Waals surface area contributed by atoms with E-state index in [1.165, 1.54) is 24.3 Å². The normalized spacial score (nSPS) is 17.2. The molecule has 1 unspecified atom stereocenters. The van der Waals surface area contributed by atoms with Crippen LogP contribution in [0.25, 0.3) is 11.3 Å². The molecular weight excluding hydrogens is 303 g/mol. The molecule has 1 saturated heterocycles. The maximum atomic E-state index is 13.1. The van der Waals surface area contributed by atoms with Gasteiger partial charge < -0.3 is 14.6 Å². The Morgan fingerprint density at radius 3 is 2.83 bits per heavy atom. The molecule has 1 atom stereocenters. The van der Waals surface area contributed by atoms with E-state index in [1.807, 2.05) is 0 Å². The first-order chi connectivity index (χ1) is 11.1. The fraction of sp³-hybridized carbons (Fsp3) is 0.312. The topological polar surface area (TPSA) is 81.5 Å². The van der Waals surface area contributed by atoms with Gasteiger partial charge in [-0.2, -0.15) is 0 Å². The van der Waals surface area contributed by atoms with Gasteiger partial charge in [-0.05, 0) is 37.1 Å². The number of nitrogens with zero attached hydrogens (tertiary/aromatic N) is 2. The lowest BCUT2D eigenvalue weighted by molar-refractivity contribution is 0.0657. The van der Waals surface area contributed by atoms with Crippen molar-refractivity contribution in [1.82, 2.24) is 9.97 Å². The van der Waals surface area contributed by atoms with Crippen molar-refractivity contribution in [2.45, 2.75) is 18.9 Å². The van der Waals surface area contributed by atoms with Crippen molar-refractivity contribution in [2.75, 3.05) is 13.2 Å². The molecule has 0 saturated carbocycles. The zero-order valence-corrected chi connectivity index (χ0v) is 12.2. The van der Waals surface area contributed by atoms with Gasteiger partial charge >= 0.3 is 5.97 Å². The van der Waals surface area contributed by atoms with Crippen molar-refractivity contribution in [3.8, 4) is 17.1 Å². The first-order valence-electron chi connectivity index (χ1n) is 7.24. The number of aromatic nitrogens is 2. The number of ether oxygens (including phenoxy) is 2. The van der Waals surface area contributed by atoms with Crippen LogP contribution in [0.15, 0.2) is 30.5 Å². The highest BCUT2D eigenvalue weighted by Crippen LogP contribution is 2.27. The molecule has 2 aromatic rings. The summed E-state index contributed by atoms with van der Waals surface area (Å²) in [7, 11) is 0. The molecule has 7 heteroatoms. The number of benzene rings is 1. The summed E-state index contributed by atoms with van der Waals surface area (Å²) in [4.78, 5) is 19.2. The van der Waals surface area contributed by atoms with E-state index in [2.05, 4.69) is 9.97 Å². The Morgan fingerprint density at radius 1 is 1.39 bits per heavy atom. The third-order valence-corrected chi connectivity index (χ3v) is 3.51. The minimum Gasteiger partial charge on any atom is -0.476 e. The lowest BCUT2D eigenvalue weighted by Crippen LogP contribution is -2.17. The predicted molar refractivity (Wildman–Crippen MR) is 78.9 cm³/mol. The second-order valence-corrected chi connectivity index (χ2v) is 5.17. The number of hydrogen-bond acceptors (Lipinski definition) is 5. The number of rotatable bonds is 5. The highest BCUT2D eigenvalue weighted by molar-refractivity contribution is 5.86. The minimum atomic E-state index is -1.19. The Bertz CT molecular complexity index is 700. The Labute approximate surface area is 131 Å². The van der Waals surface area contributed by atoms with E-state index in [0.29, 0.717) is 18.8 Å². The van der Waals surface area contributed by atoms with Crippen LogP contribution < -0.4 is 4.74 Å². The van der Waals surface area contributed by atoms with E-state index in [0.717, 1.165) is 19.0 Å². The molecule has 0 bridgehead atoms. The van der Waals surface area contributed by atoms with E-state index >= 15 is 0 Å². The molecule has 1 aromatic heterocycles. The molecule has 6 nitrogen and oxygen atoms in total. The van der Waals surface area contributed by atoms with Crippen molar-refractivity contribution >= 4 is 5.97 Å². The van der Waals surface area contributed by atoms with Crippen LogP contribution in [0.2, 0.25) is 0 Å². The van der Waals surface area contributed by atoms with Gasteiger partial charge in [0.1, 0.15) is 18.1 Å². The molecule has 1 aromatic carbocycles. The molecule has 0 amide bonds. The molecule has 0 aliphatic carbocycles. The van der Waals surface area contributed by atoms with E-state index in [1.54, 1.807) is 0 Å². The number of carboxylic acids is 1. The van der Waals surface area contributed by atoms with Crippen molar-refractivity contribution in [2.24, 2.45) is 0 Å². The van der Waals surface area contributed by atoms with Gasteiger partial charge in [-0.15, -0.1) is 0 Å². The monoisotopic (exact) mass is 318 g/mol. The molecule has 0 radical (unpaired) electrons. The van der Waals surface area contributed by atoms with Gasteiger partial charge in [-0.25, -0.2) is 19.2 Å². The summed E-state index contributed by atoms with van der Waals surface area (Å²) in [5, 5.41) is 9.07. The fourth-order valence-corrected chi connectivity index (χ4v) is 2.33. The number of carboxylic acid groups (broad SMARTS) is 1. The molecular formula is C16H15FN2O4. The summed E-state index contributed by atoms with van der Waals surface area (Å²) in [6.07, 6.45) is 3.03. The Balaban J connectivity index is 1.90. The first-order valence-corrected chi connectivity index (χ1v) is 7.24. The molecule has 3 rings (SSSR count). The molecule has 1 aliphatic heterocycles. The van der Waals surface area contributed by atoms with Crippen LogP contribution in [0, 0.1) is 5.82 Å². The zero-order chi connectivity index (χ0) is 16.2. The van der Waals surface area contributed by atoms with Crippen LogP contribution >= 0.6 is 0 Å². The molecule has 120 valence electrons. The van der Waals surface area contributed by atoms with Crippen LogP contribution in [0.1, 0.15) is 23.3 Å². The van der Waals surface area contributed by atoms with Crippen LogP contribution in [0.4, 0.5) is 4.39 Å². The fourth-order valence-electron chi connectivity index (χ4n) is 2.33. The second kappa shape index (κ2) is 6.70. The van der Waals surface area contributed by atoms with Gasteiger partial charge in [0.05, 0.1) is 12.3 Å². The summed E-state index contributed by atoms with van der Waals surface area (Å²) in [5.41, 5.74) is 0.598. The molecule has 0 spiro atoms. The van der Waals surface area contributed by atoms with Crippen LogP contribution in [0.3, 0.4) is 0 Å². The third-order valence-electron chi connectivity index (χ3n) is 3.51. The van der Waals surface area contributed by atoms with Gasteiger partial charge in [0, 0.05) is 12.2 Å². The minimum absolute atomic E-state index is 0.00276. The van der Waals surface area contributed by atoms with Crippen LogP contribution in [-0.2, 0) is 4.74 Å². The summed E-state index contributed by atoms with van der Waals surface area (Å²) in [6, 6.07) is 5.55.